The molecule has 0 saturated carbocycles. The molecule has 0 aromatic rings. The third-order valence-electron chi connectivity index (χ3n) is 8.32. The molecule has 2 nitrogen and oxygen atoms in total. The van der Waals surface area contributed by atoms with Crippen LogP contribution in [0.4, 0.5) is 0 Å². The molecule has 1 unspecified atom stereocenters. The zero-order chi connectivity index (χ0) is 25.9. The van der Waals surface area contributed by atoms with Gasteiger partial charge in [-0.05, 0) is 25.7 Å². The number of hydrogen-bond acceptors (Lipinski definition) is 2. The molecule has 0 radical (unpaired) electrons. The summed E-state index contributed by atoms with van der Waals surface area (Å²) in [6.07, 6.45) is 42.5. The Bertz CT molecular complexity index is 460. The van der Waals surface area contributed by atoms with Gasteiger partial charge in [-0.15, -0.1) is 0 Å². The maximum Gasteiger partial charge on any atom is 0.101 e. The van der Waals surface area contributed by atoms with E-state index in [-0.39, 0.29) is 0 Å². The first-order chi connectivity index (χ1) is 17.8. The molecule has 0 amide bonds. The summed E-state index contributed by atoms with van der Waals surface area (Å²) in [5, 5.41) is 0. The van der Waals surface area contributed by atoms with Crippen LogP contribution in [0.1, 0.15) is 188 Å². The summed E-state index contributed by atoms with van der Waals surface area (Å²) in [6.45, 7) is 9.45. The van der Waals surface area contributed by atoms with Crippen molar-refractivity contribution in [2.45, 2.75) is 194 Å². The van der Waals surface area contributed by atoms with Crippen molar-refractivity contribution < 1.29 is 0 Å². The molecule has 1 atom stereocenters. The van der Waals surface area contributed by atoms with Crippen LogP contribution in [0.2, 0.25) is 0 Å². The van der Waals surface area contributed by atoms with Gasteiger partial charge >= 0.3 is 0 Å². The molecule has 0 aromatic carbocycles. The second-order valence-electron chi connectivity index (χ2n) is 11.8. The van der Waals surface area contributed by atoms with E-state index in [1.165, 1.54) is 180 Å². The Morgan fingerprint density at radius 1 is 0.361 bits per heavy atom. The number of rotatable bonds is 28. The summed E-state index contributed by atoms with van der Waals surface area (Å²) in [5.74, 6) is 0. The third-order valence-corrected chi connectivity index (χ3v) is 8.32. The van der Waals surface area contributed by atoms with Gasteiger partial charge in [-0.25, -0.2) is 0 Å². The minimum Gasteiger partial charge on any atom is -0.356 e. The van der Waals surface area contributed by atoms with Crippen LogP contribution in [0.3, 0.4) is 0 Å². The van der Waals surface area contributed by atoms with Crippen LogP contribution in [0.25, 0.3) is 0 Å². The van der Waals surface area contributed by atoms with Crippen LogP contribution in [0.5, 0.6) is 0 Å². The van der Waals surface area contributed by atoms with Crippen molar-refractivity contribution in [2.24, 2.45) is 0 Å². The first kappa shape index (κ1) is 33.4. The monoisotopic (exact) mass is 505 g/mol. The lowest BCUT2D eigenvalue weighted by Crippen LogP contribution is -2.39. The first-order valence-electron chi connectivity index (χ1n) is 17.0. The van der Waals surface area contributed by atoms with Gasteiger partial charge in [-0.1, -0.05) is 162 Å². The van der Waals surface area contributed by atoms with E-state index < -0.39 is 0 Å². The highest BCUT2D eigenvalue weighted by molar-refractivity contribution is 4.97. The zero-order valence-electron chi connectivity index (χ0n) is 25.4. The van der Waals surface area contributed by atoms with Crippen molar-refractivity contribution in [3.8, 4) is 0 Å². The van der Waals surface area contributed by atoms with Crippen LogP contribution >= 0.6 is 0 Å². The van der Waals surface area contributed by atoms with Crippen molar-refractivity contribution in [1.82, 2.24) is 9.80 Å². The summed E-state index contributed by atoms with van der Waals surface area (Å²) in [6, 6.07) is 0. The van der Waals surface area contributed by atoms with Gasteiger partial charge in [0.2, 0.25) is 0 Å². The molecule has 214 valence electrons. The van der Waals surface area contributed by atoms with Gasteiger partial charge in [0, 0.05) is 25.5 Å². The van der Waals surface area contributed by atoms with Crippen molar-refractivity contribution in [3.05, 3.63) is 12.4 Å². The molecule has 36 heavy (non-hydrogen) atoms. The predicted molar refractivity (Wildman–Crippen MR) is 163 cm³/mol. The SMILES string of the molecule is CCCCCCCCCCCCCCCC1N(CCCCC)C=CN1CCCCCCCCCCC. The van der Waals surface area contributed by atoms with Crippen molar-refractivity contribution in [1.29, 1.82) is 0 Å². The summed E-state index contributed by atoms with van der Waals surface area (Å²) < 4.78 is 0. The molecule has 1 aliphatic heterocycles. The Kier molecular flexibility index (Phi) is 24.1. The molecule has 0 N–H and O–H groups in total. The average molecular weight is 505 g/mol. The van der Waals surface area contributed by atoms with Gasteiger partial charge in [0.05, 0.1) is 0 Å². The zero-order valence-corrected chi connectivity index (χ0v) is 25.4. The molecular weight excluding hydrogens is 436 g/mol. The third kappa shape index (κ3) is 18.6. The minimum absolute atomic E-state index is 0.642. The molecule has 0 fully saturated rings. The normalized spacial score (nSPS) is 15.5. The van der Waals surface area contributed by atoms with Crippen LogP contribution in [-0.2, 0) is 0 Å². The molecule has 0 aromatic heterocycles. The maximum absolute atomic E-state index is 2.69. The van der Waals surface area contributed by atoms with Crippen LogP contribution in [0, 0.1) is 0 Å². The predicted octanol–water partition coefficient (Wildman–Crippen LogP) is 11.6. The minimum atomic E-state index is 0.642. The highest BCUT2D eigenvalue weighted by atomic mass is 15.4. The smallest absolute Gasteiger partial charge is 0.101 e. The van der Waals surface area contributed by atoms with E-state index in [0.29, 0.717) is 6.17 Å². The Balaban J connectivity index is 2.13. The first-order valence-corrected chi connectivity index (χ1v) is 17.0. The lowest BCUT2D eigenvalue weighted by molar-refractivity contribution is 0.135. The van der Waals surface area contributed by atoms with Crippen LogP contribution < -0.4 is 0 Å². The topological polar surface area (TPSA) is 6.48 Å². The molecule has 1 heterocycles. The van der Waals surface area contributed by atoms with Crippen molar-refractivity contribution >= 4 is 0 Å². The van der Waals surface area contributed by atoms with Gasteiger partial charge in [-0.2, -0.15) is 0 Å². The lowest BCUT2D eigenvalue weighted by atomic mass is 10.0. The fraction of sp³-hybridized carbons (Fsp3) is 0.941. The quantitative estimate of drug-likeness (QED) is 0.0977. The Labute approximate surface area is 229 Å². The van der Waals surface area contributed by atoms with E-state index in [9.17, 15) is 0 Å². The number of unbranched alkanes of at least 4 members (excludes halogenated alkanes) is 22. The summed E-state index contributed by atoms with van der Waals surface area (Å²) in [4.78, 5) is 5.36. The molecule has 1 rings (SSSR count). The Morgan fingerprint density at radius 3 is 1.03 bits per heavy atom. The van der Waals surface area contributed by atoms with E-state index in [1.807, 2.05) is 0 Å². The molecule has 0 bridgehead atoms. The number of hydrogen-bond donors (Lipinski definition) is 0. The largest absolute Gasteiger partial charge is 0.356 e. The van der Waals surface area contributed by atoms with Gasteiger partial charge in [0.15, 0.2) is 0 Å². The average Bonchev–Trinajstić information content (AvgIpc) is 3.27. The lowest BCUT2D eigenvalue weighted by Gasteiger charge is -2.33. The van der Waals surface area contributed by atoms with Crippen molar-refractivity contribution in [2.75, 3.05) is 13.1 Å². The van der Waals surface area contributed by atoms with E-state index in [1.54, 1.807) is 0 Å². The van der Waals surface area contributed by atoms with Gasteiger partial charge in [0.1, 0.15) is 6.17 Å². The highest BCUT2D eigenvalue weighted by Gasteiger charge is 2.24. The fourth-order valence-corrected chi connectivity index (χ4v) is 5.83. The van der Waals surface area contributed by atoms with Crippen LogP contribution in [-0.4, -0.2) is 29.1 Å². The van der Waals surface area contributed by atoms with E-state index in [4.69, 9.17) is 0 Å². The summed E-state index contributed by atoms with van der Waals surface area (Å²) in [5.41, 5.74) is 0. The molecule has 1 aliphatic rings. The van der Waals surface area contributed by atoms with Crippen molar-refractivity contribution in [3.63, 3.8) is 0 Å². The molecular formula is C34H68N2. The van der Waals surface area contributed by atoms with E-state index in [0.717, 1.165) is 0 Å². The van der Waals surface area contributed by atoms with Crippen LogP contribution in [0.15, 0.2) is 12.4 Å². The van der Waals surface area contributed by atoms with Gasteiger partial charge in [0.25, 0.3) is 0 Å². The second-order valence-corrected chi connectivity index (χ2v) is 11.8. The summed E-state index contributed by atoms with van der Waals surface area (Å²) in [7, 11) is 0. The molecule has 2 heteroatoms. The Hall–Kier alpha value is -0.660. The molecule has 0 aliphatic carbocycles. The second kappa shape index (κ2) is 26.0. The summed E-state index contributed by atoms with van der Waals surface area (Å²) >= 11 is 0. The standard InChI is InChI=1S/C34H68N2/c1-4-7-10-12-14-16-17-18-19-20-22-24-26-29-34-35(30-27-9-6-3)32-33-36(34)31-28-25-23-21-15-13-11-8-5-2/h32-34H,4-31H2,1-3H3. The highest BCUT2D eigenvalue weighted by Crippen LogP contribution is 2.24. The maximum atomic E-state index is 2.69. The molecule has 0 spiro atoms. The fourth-order valence-electron chi connectivity index (χ4n) is 5.83. The number of nitrogens with zero attached hydrogens (tertiary/aromatic N) is 2. The van der Waals surface area contributed by atoms with E-state index in [2.05, 4.69) is 43.0 Å². The Morgan fingerprint density at radius 2 is 0.639 bits per heavy atom. The van der Waals surface area contributed by atoms with Gasteiger partial charge in [-0.3, -0.25) is 0 Å². The van der Waals surface area contributed by atoms with E-state index >= 15 is 0 Å². The van der Waals surface area contributed by atoms with Gasteiger partial charge < -0.3 is 9.80 Å². The molecule has 0 saturated heterocycles.